The van der Waals surface area contributed by atoms with Crippen molar-refractivity contribution < 1.29 is 13.2 Å². The minimum absolute atomic E-state index is 0.263. The maximum atomic E-state index is 13.0. The topological polar surface area (TPSA) is 43.1 Å². The monoisotopic (exact) mass is 526 g/mol. The van der Waals surface area contributed by atoms with Gasteiger partial charge < -0.3 is 0 Å². The molecule has 0 amide bonds. The number of halogens is 5. The second-order valence-electron chi connectivity index (χ2n) is 8.55. The van der Waals surface area contributed by atoms with Crippen molar-refractivity contribution in [2.24, 2.45) is 0 Å². The van der Waals surface area contributed by atoms with E-state index in [0.717, 1.165) is 33.9 Å². The van der Waals surface area contributed by atoms with E-state index in [9.17, 15) is 13.2 Å². The number of nitrogens with zero attached hydrogens (tertiary/aromatic N) is 4. The molecule has 0 aliphatic carbocycles. The lowest BCUT2D eigenvalue weighted by molar-refractivity contribution is -0.141. The molecule has 0 aliphatic rings. The van der Waals surface area contributed by atoms with Crippen LogP contribution in [0.2, 0.25) is 10.0 Å². The molecule has 0 radical (unpaired) electrons. The van der Waals surface area contributed by atoms with Crippen LogP contribution in [0.4, 0.5) is 13.2 Å². The van der Waals surface area contributed by atoms with Crippen LogP contribution in [0.15, 0.2) is 66.9 Å². The summed E-state index contributed by atoms with van der Waals surface area (Å²) in [5, 5.41) is 9.89. The summed E-state index contributed by atoms with van der Waals surface area (Å²) in [7, 11) is 0. The van der Waals surface area contributed by atoms with Crippen molar-refractivity contribution in [3.05, 3.63) is 105 Å². The highest BCUT2D eigenvalue weighted by Gasteiger charge is 2.32. The standard InChI is InChI=1S/C27H19Cl2F3N4/c1-15-3-9-20(23(29)11-15)22-14-36-25(12-18-6-10-24(27(30,31)32)33-16(18)2)34-35-26(36)13-21(22)17-4-7-19(28)8-5-17/h3-11,13-14H,12H2,1-2H3. The Hall–Kier alpha value is -3.42. The summed E-state index contributed by atoms with van der Waals surface area (Å²) in [6.45, 7) is 3.53. The van der Waals surface area contributed by atoms with Crippen molar-refractivity contribution in [1.82, 2.24) is 19.6 Å². The maximum Gasteiger partial charge on any atom is 0.433 e. The van der Waals surface area contributed by atoms with Crippen molar-refractivity contribution in [2.45, 2.75) is 26.4 Å². The van der Waals surface area contributed by atoms with Gasteiger partial charge in [0.25, 0.3) is 0 Å². The van der Waals surface area contributed by atoms with E-state index in [-0.39, 0.29) is 6.42 Å². The Bertz CT molecular complexity index is 1590. The summed E-state index contributed by atoms with van der Waals surface area (Å²) in [5.41, 5.74) is 5.16. The minimum atomic E-state index is -4.49. The van der Waals surface area contributed by atoms with Gasteiger partial charge in [0.1, 0.15) is 11.5 Å². The fraction of sp³-hybridized carbons (Fsp3) is 0.148. The Labute approximate surface area is 215 Å². The molecule has 182 valence electrons. The molecule has 0 unspecified atom stereocenters. The highest BCUT2D eigenvalue weighted by Crippen LogP contribution is 2.38. The molecule has 0 spiro atoms. The van der Waals surface area contributed by atoms with Crippen LogP contribution in [-0.2, 0) is 12.6 Å². The smallest absolute Gasteiger partial charge is 0.285 e. The number of pyridine rings is 2. The first-order chi connectivity index (χ1) is 17.1. The van der Waals surface area contributed by atoms with Gasteiger partial charge in [-0.2, -0.15) is 13.2 Å². The Balaban J connectivity index is 1.65. The van der Waals surface area contributed by atoms with Crippen molar-refractivity contribution in [3.8, 4) is 22.3 Å². The van der Waals surface area contributed by atoms with Crippen molar-refractivity contribution >= 4 is 28.8 Å². The SMILES string of the molecule is Cc1ccc(-c2cn3c(Cc4ccc(C(F)(F)F)nc4C)nnc3cc2-c2ccc(Cl)cc2)c(Cl)c1. The lowest BCUT2D eigenvalue weighted by atomic mass is 9.95. The number of alkyl halides is 3. The lowest BCUT2D eigenvalue weighted by Crippen LogP contribution is -2.10. The van der Waals surface area contributed by atoms with Gasteiger partial charge in [-0.1, -0.05) is 53.5 Å². The summed E-state index contributed by atoms with van der Waals surface area (Å²) in [6.07, 6.45) is -2.32. The number of hydrogen-bond acceptors (Lipinski definition) is 3. The molecule has 0 saturated carbocycles. The van der Waals surface area contributed by atoms with Crippen LogP contribution in [0.25, 0.3) is 27.9 Å². The molecule has 4 nitrogen and oxygen atoms in total. The Kier molecular flexibility index (Phi) is 6.22. The molecular formula is C27H19Cl2F3N4. The van der Waals surface area contributed by atoms with Crippen molar-refractivity contribution in [2.75, 3.05) is 0 Å². The predicted molar refractivity (Wildman–Crippen MR) is 135 cm³/mol. The van der Waals surface area contributed by atoms with E-state index in [1.54, 1.807) is 6.92 Å². The van der Waals surface area contributed by atoms with E-state index < -0.39 is 11.9 Å². The number of aryl methyl sites for hydroxylation is 2. The van der Waals surface area contributed by atoms with Crippen molar-refractivity contribution in [1.29, 1.82) is 0 Å². The maximum absolute atomic E-state index is 13.0. The fourth-order valence-electron chi connectivity index (χ4n) is 4.13. The normalized spacial score (nSPS) is 11.9. The van der Waals surface area contributed by atoms with Crippen LogP contribution < -0.4 is 0 Å². The van der Waals surface area contributed by atoms with Gasteiger partial charge in [0.2, 0.25) is 0 Å². The molecule has 0 atom stereocenters. The highest BCUT2D eigenvalue weighted by atomic mass is 35.5. The molecule has 0 bridgehead atoms. The Morgan fingerprint density at radius 2 is 1.58 bits per heavy atom. The third-order valence-electron chi connectivity index (χ3n) is 6.02. The molecule has 5 rings (SSSR count). The molecule has 36 heavy (non-hydrogen) atoms. The van der Waals surface area contributed by atoms with Gasteiger partial charge in [-0.25, -0.2) is 4.98 Å². The molecule has 0 aliphatic heterocycles. The van der Waals surface area contributed by atoms with Gasteiger partial charge in [-0.3, -0.25) is 4.40 Å². The molecule has 3 heterocycles. The predicted octanol–water partition coefficient (Wildman–Crippen LogP) is 7.99. The third kappa shape index (κ3) is 4.68. The number of hydrogen-bond donors (Lipinski definition) is 0. The second-order valence-corrected chi connectivity index (χ2v) is 9.39. The van der Waals surface area contributed by atoms with Crippen LogP contribution in [0.1, 0.15) is 28.3 Å². The quantitative estimate of drug-likeness (QED) is 0.238. The number of benzene rings is 2. The highest BCUT2D eigenvalue weighted by molar-refractivity contribution is 6.33. The second kappa shape index (κ2) is 9.22. The molecule has 5 aromatic rings. The van der Waals surface area contributed by atoms with Gasteiger partial charge in [0.05, 0.1) is 0 Å². The average Bonchev–Trinajstić information content (AvgIpc) is 3.21. The van der Waals surface area contributed by atoms with E-state index in [2.05, 4.69) is 15.2 Å². The van der Waals surface area contributed by atoms with E-state index in [0.29, 0.717) is 32.8 Å². The van der Waals surface area contributed by atoms with E-state index in [1.165, 1.54) is 6.07 Å². The van der Waals surface area contributed by atoms with E-state index in [1.807, 2.05) is 66.1 Å². The third-order valence-corrected chi connectivity index (χ3v) is 6.58. The average molecular weight is 527 g/mol. The lowest BCUT2D eigenvalue weighted by Gasteiger charge is -2.14. The van der Waals surface area contributed by atoms with Crippen molar-refractivity contribution in [3.63, 3.8) is 0 Å². The van der Waals surface area contributed by atoms with Gasteiger partial charge in [-0.15, -0.1) is 10.2 Å². The molecular weight excluding hydrogens is 508 g/mol. The molecule has 2 aromatic carbocycles. The number of fused-ring (bicyclic) bond motifs is 1. The molecule has 0 fully saturated rings. The zero-order chi connectivity index (χ0) is 25.6. The van der Waals surface area contributed by atoms with Crippen LogP contribution in [-0.4, -0.2) is 19.6 Å². The molecule has 9 heteroatoms. The van der Waals surface area contributed by atoms with E-state index in [4.69, 9.17) is 23.2 Å². The van der Waals surface area contributed by atoms with Gasteiger partial charge in [-0.05, 0) is 66.4 Å². The summed E-state index contributed by atoms with van der Waals surface area (Å²) < 4.78 is 41.0. The summed E-state index contributed by atoms with van der Waals surface area (Å²) in [4.78, 5) is 3.74. The molecule has 3 aromatic heterocycles. The minimum Gasteiger partial charge on any atom is -0.285 e. The Morgan fingerprint density at radius 1 is 0.833 bits per heavy atom. The number of aromatic nitrogens is 4. The van der Waals surface area contributed by atoms with Crippen LogP contribution >= 0.6 is 23.2 Å². The first-order valence-electron chi connectivity index (χ1n) is 11.0. The zero-order valence-corrected chi connectivity index (χ0v) is 20.7. The van der Waals surface area contributed by atoms with Crippen LogP contribution in [0, 0.1) is 13.8 Å². The summed E-state index contributed by atoms with van der Waals surface area (Å²) >= 11 is 12.8. The van der Waals surface area contributed by atoms with Gasteiger partial charge >= 0.3 is 6.18 Å². The molecule has 0 saturated heterocycles. The summed E-state index contributed by atoms with van der Waals surface area (Å²) in [5.74, 6) is 0.571. The largest absolute Gasteiger partial charge is 0.433 e. The molecule has 0 N–H and O–H groups in total. The Morgan fingerprint density at radius 3 is 2.25 bits per heavy atom. The number of rotatable bonds is 4. The van der Waals surface area contributed by atoms with Crippen LogP contribution in [0.3, 0.4) is 0 Å². The van der Waals surface area contributed by atoms with Gasteiger partial charge in [0, 0.05) is 39.5 Å². The first-order valence-corrected chi connectivity index (χ1v) is 11.8. The summed E-state index contributed by atoms with van der Waals surface area (Å²) in [6, 6.07) is 17.7. The van der Waals surface area contributed by atoms with Crippen LogP contribution in [0.5, 0.6) is 0 Å². The van der Waals surface area contributed by atoms with Gasteiger partial charge in [0.15, 0.2) is 5.65 Å². The zero-order valence-electron chi connectivity index (χ0n) is 19.2. The fourth-order valence-corrected chi connectivity index (χ4v) is 4.59. The van der Waals surface area contributed by atoms with E-state index >= 15 is 0 Å². The first kappa shape index (κ1) is 24.3.